The molecule has 0 saturated heterocycles. The number of sulfonamides is 1. The summed E-state index contributed by atoms with van der Waals surface area (Å²) in [5, 5.41) is 6.20. The lowest BCUT2D eigenvalue weighted by Crippen LogP contribution is -2.34. The Bertz CT molecular complexity index is 1150. The number of H-pyrrole nitrogens is 1. The molecule has 11 heteroatoms. The first-order valence-electron chi connectivity index (χ1n) is 7.94. The SMILES string of the molecule is CN(CC(=O)Nc1cccc(-c2noc(=O)[nH]2)c1)S(=O)(=O)c1ccc(Br)cc1. The molecule has 1 heterocycles. The molecule has 146 valence electrons. The maximum absolute atomic E-state index is 12.6. The number of nitrogens with zero attached hydrogens (tertiary/aromatic N) is 2. The third-order valence-corrected chi connectivity index (χ3v) is 6.09. The van der Waals surface area contributed by atoms with Crippen LogP contribution in [-0.4, -0.2) is 42.4 Å². The number of likely N-dealkylation sites (N-methyl/N-ethyl adjacent to an activating group) is 1. The normalized spacial score (nSPS) is 11.5. The standard InChI is InChI=1S/C17H15BrN4O5S/c1-22(28(25,26)14-7-5-12(18)6-8-14)10-15(23)19-13-4-2-3-11(9-13)16-20-17(24)27-21-16/h2-9H,10H2,1H3,(H,19,23)(H,20,21,24). The van der Waals surface area contributed by atoms with E-state index in [0.29, 0.717) is 11.3 Å². The summed E-state index contributed by atoms with van der Waals surface area (Å²) < 4.78 is 31.3. The van der Waals surface area contributed by atoms with E-state index in [-0.39, 0.29) is 17.3 Å². The molecule has 1 amide bonds. The predicted octanol–water partition coefficient (Wildman–Crippen LogP) is 2.05. The van der Waals surface area contributed by atoms with Gasteiger partial charge < -0.3 is 5.32 Å². The fourth-order valence-electron chi connectivity index (χ4n) is 2.37. The van der Waals surface area contributed by atoms with Crippen LogP contribution in [0.3, 0.4) is 0 Å². The number of benzene rings is 2. The number of aromatic nitrogens is 2. The average molecular weight is 467 g/mol. The molecular formula is C17H15BrN4O5S. The number of carbonyl (C=O) groups excluding carboxylic acids is 1. The van der Waals surface area contributed by atoms with E-state index in [9.17, 15) is 18.0 Å². The summed E-state index contributed by atoms with van der Waals surface area (Å²) in [5.41, 5.74) is 0.945. The minimum atomic E-state index is -3.80. The van der Waals surface area contributed by atoms with Crippen molar-refractivity contribution in [3.63, 3.8) is 0 Å². The van der Waals surface area contributed by atoms with Gasteiger partial charge in [-0.05, 0) is 36.4 Å². The van der Waals surface area contributed by atoms with Gasteiger partial charge in [0.05, 0.1) is 11.4 Å². The lowest BCUT2D eigenvalue weighted by molar-refractivity contribution is -0.116. The Hall–Kier alpha value is -2.76. The van der Waals surface area contributed by atoms with Crippen LogP contribution in [0.25, 0.3) is 11.4 Å². The molecule has 3 rings (SSSR count). The van der Waals surface area contributed by atoms with Gasteiger partial charge in [0.2, 0.25) is 15.9 Å². The second-order valence-electron chi connectivity index (χ2n) is 5.79. The smallest absolute Gasteiger partial charge is 0.325 e. The first-order valence-corrected chi connectivity index (χ1v) is 10.2. The van der Waals surface area contributed by atoms with Gasteiger partial charge in [0.1, 0.15) is 0 Å². The summed E-state index contributed by atoms with van der Waals surface area (Å²) in [6, 6.07) is 12.7. The first kappa shape index (κ1) is 20.0. The van der Waals surface area contributed by atoms with Crippen molar-refractivity contribution in [3.8, 4) is 11.4 Å². The molecule has 0 spiro atoms. The van der Waals surface area contributed by atoms with Gasteiger partial charge in [0, 0.05) is 22.8 Å². The molecule has 2 N–H and O–H groups in total. The van der Waals surface area contributed by atoms with Crippen molar-refractivity contribution in [2.75, 3.05) is 18.9 Å². The highest BCUT2D eigenvalue weighted by Crippen LogP contribution is 2.20. The van der Waals surface area contributed by atoms with Crippen LogP contribution >= 0.6 is 15.9 Å². The second kappa shape index (κ2) is 8.09. The molecule has 1 aromatic heterocycles. The van der Waals surface area contributed by atoms with Crippen molar-refractivity contribution >= 4 is 37.5 Å². The number of hydrogen-bond acceptors (Lipinski definition) is 6. The molecule has 0 aliphatic carbocycles. The molecule has 0 unspecified atom stereocenters. The fourth-order valence-corrected chi connectivity index (χ4v) is 3.76. The van der Waals surface area contributed by atoms with Gasteiger partial charge in [0.25, 0.3) is 0 Å². The van der Waals surface area contributed by atoms with Crippen molar-refractivity contribution in [2.45, 2.75) is 4.90 Å². The summed E-state index contributed by atoms with van der Waals surface area (Å²) in [5.74, 6) is -0.991. The Labute approximate surface area is 168 Å². The number of halogens is 1. The monoisotopic (exact) mass is 466 g/mol. The van der Waals surface area contributed by atoms with Crippen LogP contribution in [0.2, 0.25) is 0 Å². The molecule has 0 aliphatic heterocycles. The van der Waals surface area contributed by atoms with Crippen molar-refractivity contribution < 1.29 is 17.7 Å². The third kappa shape index (κ3) is 4.55. The highest BCUT2D eigenvalue weighted by atomic mass is 79.9. The molecule has 0 saturated carbocycles. The van der Waals surface area contributed by atoms with Gasteiger partial charge in [-0.15, -0.1) is 0 Å². The molecule has 0 atom stereocenters. The zero-order chi connectivity index (χ0) is 20.3. The van der Waals surface area contributed by atoms with Gasteiger partial charge in [-0.3, -0.25) is 14.3 Å². The maximum atomic E-state index is 12.6. The average Bonchev–Trinajstić information content (AvgIpc) is 3.08. The minimum Gasteiger partial charge on any atom is -0.325 e. The Morgan fingerprint density at radius 3 is 2.61 bits per heavy atom. The van der Waals surface area contributed by atoms with Crippen LogP contribution in [0.5, 0.6) is 0 Å². The van der Waals surface area contributed by atoms with Gasteiger partial charge >= 0.3 is 5.76 Å². The number of amides is 1. The topological polar surface area (TPSA) is 125 Å². The molecule has 9 nitrogen and oxygen atoms in total. The summed E-state index contributed by atoms with van der Waals surface area (Å²) in [6.07, 6.45) is 0. The zero-order valence-corrected chi connectivity index (χ0v) is 17.0. The summed E-state index contributed by atoms with van der Waals surface area (Å²) in [6.45, 7) is -0.372. The predicted molar refractivity (Wildman–Crippen MR) is 105 cm³/mol. The van der Waals surface area contributed by atoms with E-state index in [2.05, 4.69) is 35.9 Å². The lowest BCUT2D eigenvalue weighted by atomic mass is 10.2. The summed E-state index contributed by atoms with van der Waals surface area (Å²) in [4.78, 5) is 25.8. The summed E-state index contributed by atoms with van der Waals surface area (Å²) >= 11 is 3.25. The van der Waals surface area contributed by atoms with Crippen LogP contribution in [0.1, 0.15) is 0 Å². The van der Waals surface area contributed by atoms with Crippen LogP contribution in [0.4, 0.5) is 5.69 Å². The number of aromatic amines is 1. The van der Waals surface area contributed by atoms with Crippen LogP contribution in [0, 0.1) is 0 Å². The lowest BCUT2D eigenvalue weighted by Gasteiger charge is -2.17. The Morgan fingerprint density at radius 1 is 1.25 bits per heavy atom. The van der Waals surface area contributed by atoms with E-state index in [4.69, 9.17) is 0 Å². The van der Waals surface area contributed by atoms with Crippen molar-refractivity contribution in [3.05, 3.63) is 63.6 Å². The van der Waals surface area contributed by atoms with E-state index >= 15 is 0 Å². The number of hydrogen-bond donors (Lipinski definition) is 2. The number of rotatable bonds is 6. The van der Waals surface area contributed by atoms with Crippen molar-refractivity contribution in [1.82, 2.24) is 14.4 Å². The molecule has 0 fully saturated rings. The molecule has 0 bridgehead atoms. The van der Waals surface area contributed by atoms with Crippen molar-refractivity contribution in [2.24, 2.45) is 0 Å². The van der Waals surface area contributed by atoms with E-state index < -0.39 is 21.7 Å². The molecule has 2 aromatic carbocycles. The van der Waals surface area contributed by atoms with Gasteiger partial charge in [-0.1, -0.05) is 33.2 Å². The highest BCUT2D eigenvalue weighted by molar-refractivity contribution is 9.10. The minimum absolute atomic E-state index is 0.0861. The quantitative estimate of drug-likeness (QED) is 0.572. The number of anilines is 1. The summed E-state index contributed by atoms with van der Waals surface area (Å²) in [7, 11) is -2.48. The van der Waals surface area contributed by atoms with Crippen LogP contribution in [-0.2, 0) is 14.8 Å². The Balaban J connectivity index is 1.70. The van der Waals surface area contributed by atoms with Crippen molar-refractivity contribution in [1.29, 1.82) is 0 Å². The molecular weight excluding hydrogens is 452 g/mol. The largest absolute Gasteiger partial charge is 0.439 e. The second-order valence-corrected chi connectivity index (χ2v) is 8.75. The molecule has 3 aromatic rings. The van der Waals surface area contributed by atoms with Crippen LogP contribution in [0.15, 0.2) is 67.2 Å². The van der Waals surface area contributed by atoms with Gasteiger partial charge in [-0.2, -0.15) is 4.31 Å². The van der Waals surface area contributed by atoms with Crippen LogP contribution < -0.4 is 11.1 Å². The van der Waals surface area contributed by atoms with E-state index in [1.54, 1.807) is 36.4 Å². The fraction of sp³-hybridized carbons (Fsp3) is 0.118. The maximum Gasteiger partial charge on any atom is 0.439 e. The molecule has 0 aliphatic rings. The Kier molecular flexibility index (Phi) is 5.77. The Morgan fingerprint density at radius 2 is 1.96 bits per heavy atom. The van der Waals surface area contributed by atoms with E-state index in [1.807, 2.05) is 0 Å². The highest BCUT2D eigenvalue weighted by Gasteiger charge is 2.23. The molecule has 28 heavy (non-hydrogen) atoms. The van der Waals surface area contributed by atoms with Gasteiger partial charge in [-0.25, -0.2) is 13.2 Å². The first-order chi connectivity index (χ1) is 13.3. The third-order valence-electron chi connectivity index (χ3n) is 3.75. The van der Waals surface area contributed by atoms with E-state index in [1.165, 1.54) is 19.2 Å². The zero-order valence-electron chi connectivity index (χ0n) is 14.5. The van der Waals surface area contributed by atoms with E-state index in [0.717, 1.165) is 8.78 Å². The number of carbonyl (C=O) groups is 1. The number of nitrogens with one attached hydrogen (secondary N) is 2. The molecule has 0 radical (unpaired) electrons. The van der Waals surface area contributed by atoms with Gasteiger partial charge in [0.15, 0.2) is 5.82 Å².